The van der Waals surface area contributed by atoms with Gasteiger partial charge in [-0.1, -0.05) is 0 Å². The van der Waals surface area contributed by atoms with Gasteiger partial charge in [0.05, 0.1) is 11.5 Å². The Bertz CT molecular complexity index is 666. The molecule has 0 atom stereocenters. The molecule has 1 saturated carbocycles. The van der Waals surface area contributed by atoms with E-state index in [-0.39, 0.29) is 35.4 Å². The fourth-order valence-electron chi connectivity index (χ4n) is 3.61. The van der Waals surface area contributed by atoms with Gasteiger partial charge in [0.25, 0.3) is 5.91 Å². The summed E-state index contributed by atoms with van der Waals surface area (Å²) in [5, 5.41) is 9.01. The van der Waals surface area contributed by atoms with Crippen molar-refractivity contribution in [2.24, 2.45) is 11.8 Å². The first-order chi connectivity index (χ1) is 10.9. The summed E-state index contributed by atoms with van der Waals surface area (Å²) in [5.41, 5.74) is 0.263. The lowest BCUT2D eigenvalue weighted by molar-refractivity contribution is -0.143. The quantitative estimate of drug-likeness (QED) is 0.930. The lowest BCUT2D eigenvalue weighted by atomic mass is 9.82. The fourth-order valence-corrected chi connectivity index (χ4v) is 3.61. The summed E-state index contributed by atoms with van der Waals surface area (Å²) in [6.07, 6.45) is 2.70. The lowest BCUT2D eigenvalue weighted by Crippen LogP contribution is -2.33. The van der Waals surface area contributed by atoms with Gasteiger partial charge >= 0.3 is 5.97 Å². The number of carbonyl (C=O) groups excluding carboxylic acids is 1. The Morgan fingerprint density at radius 2 is 1.96 bits per heavy atom. The number of carbonyl (C=O) groups is 2. The first-order valence-corrected chi connectivity index (χ1v) is 7.88. The molecule has 1 aliphatic carbocycles. The van der Waals surface area contributed by atoms with Gasteiger partial charge in [0.15, 0.2) is 0 Å². The summed E-state index contributed by atoms with van der Waals surface area (Å²) in [5.74, 6) is -2.62. The third-order valence-electron chi connectivity index (χ3n) is 5.07. The van der Waals surface area contributed by atoms with E-state index in [2.05, 4.69) is 0 Å². The summed E-state index contributed by atoms with van der Waals surface area (Å²) in [6, 6.07) is 1.24. The van der Waals surface area contributed by atoms with Crippen molar-refractivity contribution >= 4 is 11.9 Å². The highest BCUT2D eigenvalue weighted by molar-refractivity contribution is 5.98. The summed E-state index contributed by atoms with van der Waals surface area (Å²) < 4.78 is 27.8. The van der Waals surface area contributed by atoms with Crippen molar-refractivity contribution in [1.82, 2.24) is 4.90 Å². The molecular formula is C17H19F2NO3. The monoisotopic (exact) mass is 323 g/mol. The van der Waals surface area contributed by atoms with Gasteiger partial charge in [0.2, 0.25) is 0 Å². The van der Waals surface area contributed by atoms with Crippen molar-refractivity contribution in [2.45, 2.75) is 39.2 Å². The van der Waals surface area contributed by atoms with E-state index in [1.54, 1.807) is 4.90 Å². The number of amides is 1. The molecule has 6 heteroatoms. The molecule has 0 aromatic heterocycles. The van der Waals surface area contributed by atoms with Crippen LogP contribution in [0.15, 0.2) is 6.07 Å². The first-order valence-electron chi connectivity index (χ1n) is 7.88. The van der Waals surface area contributed by atoms with Crippen LogP contribution in [0.3, 0.4) is 0 Å². The van der Waals surface area contributed by atoms with Crippen LogP contribution in [0.25, 0.3) is 0 Å². The third-order valence-corrected chi connectivity index (χ3v) is 5.07. The van der Waals surface area contributed by atoms with Gasteiger partial charge in [-0.15, -0.1) is 0 Å². The van der Waals surface area contributed by atoms with Gasteiger partial charge < -0.3 is 10.0 Å². The highest BCUT2D eigenvalue weighted by Crippen LogP contribution is 2.33. The van der Waals surface area contributed by atoms with Gasteiger partial charge in [-0.05, 0) is 50.2 Å². The molecule has 2 aliphatic rings. The maximum absolute atomic E-state index is 14.2. The van der Waals surface area contributed by atoms with E-state index in [0.717, 1.165) is 12.8 Å². The standard InChI is InChI=1S/C17H19F2NO3/c1-9-13(18)6-12-8-20(16(21)14(12)15(9)19)7-10-2-4-11(5-3-10)17(22)23/h6,10-11H,2-5,7-8H2,1H3,(H,22,23). The number of carboxylic acid groups (broad SMARTS) is 1. The number of fused-ring (bicyclic) bond motifs is 1. The highest BCUT2D eigenvalue weighted by atomic mass is 19.1. The van der Waals surface area contributed by atoms with Gasteiger partial charge in [-0.3, -0.25) is 9.59 Å². The number of aliphatic carboxylic acids is 1. The van der Waals surface area contributed by atoms with Crippen molar-refractivity contribution in [2.75, 3.05) is 6.54 Å². The van der Waals surface area contributed by atoms with E-state index in [4.69, 9.17) is 5.11 Å². The van der Waals surface area contributed by atoms with E-state index in [0.29, 0.717) is 24.9 Å². The molecule has 23 heavy (non-hydrogen) atoms. The molecule has 1 aromatic rings. The summed E-state index contributed by atoms with van der Waals surface area (Å²) in [6.45, 7) is 2.02. The molecular weight excluding hydrogens is 304 g/mol. The highest BCUT2D eigenvalue weighted by Gasteiger charge is 2.35. The second kappa shape index (κ2) is 5.91. The van der Waals surface area contributed by atoms with Crippen LogP contribution in [0.4, 0.5) is 8.78 Å². The minimum atomic E-state index is -0.763. The molecule has 1 aliphatic heterocycles. The van der Waals surface area contributed by atoms with Crippen molar-refractivity contribution in [1.29, 1.82) is 0 Å². The lowest BCUT2D eigenvalue weighted by Gasteiger charge is -2.29. The predicted molar refractivity (Wildman–Crippen MR) is 78.9 cm³/mol. The maximum Gasteiger partial charge on any atom is 0.306 e. The molecule has 1 heterocycles. The SMILES string of the molecule is Cc1c(F)cc2c(c1F)C(=O)N(CC1CCC(C(=O)O)CC1)C2. The van der Waals surface area contributed by atoms with Crippen molar-refractivity contribution < 1.29 is 23.5 Å². The third kappa shape index (κ3) is 2.82. The zero-order chi connectivity index (χ0) is 16.7. The maximum atomic E-state index is 14.2. The van der Waals surface area contributed by atoms with Crippen LogP contribution in [0, 0.1) is 30.4 Å². The average Bonchev–Trinajstić information content (AvgIpc) is 2.81. The van der Waals surface area contributed by atoms with E-state index < -0.39 is 17.6 Å². The molecule has 0 bridgehead atoms. The number of nitrogens with zero attached hydrogens (tertiary/aromatic N) is 1. The van der Waals surface area contributed by atoms with E-state index in [1.807, 2.05) is 0 Å². The second-order valence-electron chi connectivity index (χ2n) is 6.57. The van der Waals surface area contributed by atoms with Crippen molar-refractivity contribution in [3.05, 3.63) is 34.4 Å². The Morgan fingerprint density at radius 1 is 1.30 bits per heavy atom. The van der Waals surface area contributed by atoms with Crippen LogP contribution < -0.4 is 0 Å². The molecule has 124 valence electrons. The van der Waals surface area contributed by atoms with Gasteiger partial charge in [0, 0.05) is 18.7 Å². The number of benzene rings is 1. The molecule has 0 saturated heterocycles. The van der Waals surface area contributed by atoms with Crippen LogP contribution in [-0.4, -0.2) is 28.4 Å². The fraction of sp³-hybridized carbons (Fsp3) is 0.529. The van der Waals surface area contributed by atoms with E-state index >= 15 is 0 Å². The average molecular weight is 323 g/mol. The minimum Gasteiger partial charge on any atom is -0.481 e. The predicted octanol–water partition coefficient (Wildman–Crippen LogP) is 3.12. The molecule has 0 radical (unpaired) electrons. The van der Waals surface area contributed by atoms with E-state index in [9.17, 15) is 18.4 Å². The van der Waals surface area contributed by atoms with Gasteiger partial charge in [-0.25, -0.2) is 8.78 Å². The Hall–Kier alpha value is -1.98. The topological polar surface area (TPSA) is 57.6 Å². The van der Waals surface area contributed by atoms with Crippen LogP contribution in [0.2, 0.25) is 0 Å². The molecule has 0 unspecified atom stereocenters. The Kier molecular flexibility index (Phi) is 4.08. The normalized spacial score (nSPS) is 24.0. The van der Waals surface area contributed by atoms with Crippen LogP contribution in [-0.2, 0) is 11.3 Å². The van der Waals surface area contributed by atoms with Gasteiger partial charge in [0.1, 0.15) is 11.6 Å². The number of hydrogen-bond acceptors (Lipinski definition) is 2. The largest absolute Gasteiger partial charge is 0.481 e. The molecule has 1 aromatic carbocycles. The summed E-state index contributed by atoms with van der Waals surface area (Å²) >= 11 is 0. The van der Waals surface area contributed by atoms with Crippen LogP contribution in [0.5, 0.6) is 0 Å². The second-order valence-corrected chi connectivity index (χ2v) is 6.57. The van der Waals surface area contributed by atoms with Crippen molar-refractivity contribution in [3.8, 4) is 0 Å². The Morgan fingerprint density at radius 3 is 2.57 bits per heavy atom. The van der Waals surface area contributed by atoms with Gasteiger partial charge in [-0.2, -0.15) is 0 Å². The molecule has 0 spiro atoms. The summed E-state index contributed by atoms with van der Waals surface area (Å²) in [4.78, 5) is 24.9. The van der Waals surface area contributed by atoms with Crippen molar-refractivity contribution in [3.63, 3.8) is 0 Å². The zero-order valence-electron chi connectivity index (χ0n) is 12.9. The van der Waals surface area contributed by atoms with Crippen LogP contribution in [0.1, 0.15) is 47.2 Å². The molecule has 1 N–H and O–H groups in total. The Labute approximate surface area is 133 Å². The molecule has 1 amide bonds. The van der Waals surface area contributed by atoms with E-state index in [1.165, 1.54) is 13.0 Å². The zero-order valence-corrected chi connectivity index (χ0v) is 12.9. The minimum absolute atomic E-state index is 0.0110. The number of hydrogen-bond donors (Lipinski definition) is 1. The first kappa shape index (κ1) is 15.9. The molecule has 1 fully saturated rings. The molecule has 4 nitrogen and oxygen atoms in total. The smallest absolute Gasteiger partial charge is 0.306 e. The Balaban J connectivity index is 1.69. The number of carboxylic acids is 1. The molecule has 3 rings (SSSR count). The van der Waals surface area contributed by atoms with Crippen LogP contribution >= 0.6 is 0 Å². The number of rotatable bonds is 3. The summed E-state index contributed by atoms with van der Waals surface area (Å²) in [7, 11) is 0. The number of halogens is 2.